The van der Waals surface area contributed by atoms with E-state index >= 15 is 0 Å². The predicted octanol–water partition coefficient (Wildman–Crippen LogP) is 2.39. The fourth-order valence-corrected chi connectivity index (χ4v) is 1.05. The van der Waals surface area contributed by atoms with Gasteiger partial charge in [0.05, 0.1) is 16.8 Å². The van der Waals surface area contributed by atoms with E-state index in [9.17, 15) is 4.79 Å². The summed E-state index contributed by atoms with van der Waals surface area (Å²) in [6.45, 7) is 1.65. The number of rotatable bonds is 1. The Morgan fingerprint density at radius 3 is 2.92 bits per heavy atom. The number of carbonyl (C=O) groups excluding carboxylic acids is 1. The predicted molar refractivity (Wildman–Crippen MR) is 55.2 cm³/mol. The smallest absolute Gasteiger partial charge is 0.337 e. The fraction of sp³-hybridized carbons (Fsp3) is 0.222. The summed E-state index contributed by atoms with van der Waals surface area (Å²) in [5.41, 5.74) is 0.399. The van der Waals surface area contributed by atoms with Crippen LogP contribution in [0.1, 0.15) is 20.0 Å². The molecule has 0 radical (unpaired) electrons. The maximum atomic E-state index is 11.3. The molecule has 0 spiro atoms. The number of carbonyl (C=O) groups is 1. The Bertz CT molecular complexity index is 403. The van der Waals surface area contributed by atoms with Crippen LogP contribution in [-0.4, -0.2) is 13.1 Å². The van der Waals surface area contributed by atoms with Gasteiger partial charge in [-0.15, -0.1) is 0 Å². The molecule has 64 valence electrons. The van der Waals surface area contributed by atoms with E-state index in [1.54, 1.807) is 6.92 Å². The molecule has 0 saturated heterocycles. The molecule has 0 bridgehead atoms. The van der Waals surface area contributed by atoms with Crippen molar-refractivity contribution in [2.45, 2.75) is 6.92 Å². The van der Waals surface area contributed by atoms with E-state index in [-0.39, 0.29) is 23.7 Å². The second kappa shape index (κ2) is 3.89. The fourth-order valence-electron chi connectivity index (χ4n) is 0.650. The van der Waals surface area contributed by atoms with Crippen LogP contribution in [0.25, 0.3) is 0 Å². The Morgan fingerprint density at radius 1 is 1.67 bits per heavy atom. The molecule has 1 aromatic rings. The second-order valence-corrected chi connectivity index (χ2v) is 3.26. The monoisotopic (exact) mass is 279 g/mol. The first kappa shape index (κ1) is 5.96. The Hall–Kier alpha value is -0.580. The summed E-state index contributed by atoms with van der Waals surface area (Å²) in [6.07, 6.45) is 0. The van der Waals surface area contributed by atoms with Gasteiger partial charge in [0.1, 0.15) is 0 Å². The molecule has 0 amide bonds. The van der Waals surface area contributed by atoms with Gasteiger partial charge in [0, 0.05) is 3.57 Å². The van der Waals surface area contributed by atoms with Crippen LogP contribution in [0.2, 0.25) is 0 Å². The van der Waals surface area contributed by atoms with Crippen LogP contribution in [0, 0.1) is 10.5 Å². The lowest BCUT2D eigenvalue weighted by atomic mass is 10.1. The van der Waals surface area contributed by atoms with Crippen LogP contribution < -0.4 is 0 Å². The van der Waals surface area contributed by atoms with Crippen LogP contribution in [-0.2, 0) is 4.74 Å². The van der Waals surface area contributed by atoms with Crippen LogP contribution in [0.15, 0.2) is 18.1 Å². The van der Waals surface area contributed by atoms with E-state index in [0.717, 1.165) is 0 Å². The lowest BCUT2D eigenvalue weighted by Gasteiger charge is -2.01. The summed E-state index contributed by atoms with van der Waals surface area (Å²) < 4.78 is 27.9. The van der Waals surface area contributed by atoms with E-state index in [1.807, 2.05) is 22.6 Å². The van der Waals surface area contributed by atoms with Gasteiger partial charge in [-0.25, -0.2) is 4.79 Å². The molecule has 3 heteroatoms. The molecular formula is C9H9IO2. The highest BCUT2D eigenvalue weighted by molar-refractivity contribution is 14.1. The Morgan fingerprint density at radius 2 is 2.33 bits per heavy atom. The molecule has 2 nitrogen and oxygen atoms in total. The molecule has 0 N–H and O–H groups in total. The van der Waals surface area contributed by atoms with Crippen molar-refractivity contribution in [1.82, 2.24) is 0 Å². The number of hydrogen-bond donors (Lipinski definition) is 0. The molecule has 0 heterocycles. The van der Waals surface area contributed by atoms with Crippen molar-refractivity contribution in [3.8, 4) is 0 Å². The van der Waals surface area contributed by atoms with Crippen LogP contribution in [0.5, 0.6) is 0 Å². The summed E-state index contributed by atoms with van der Waals surface area (Å²) in [4.78, 5) is 11.3. The normalized spacial score (nSPS) is 13.1. The molecule has 12 heavy (non-hydrogen) atoms. The molecule has 0 aliphatic rings. The molecule has 1 rings (SSSR count). The van der Waals surface area contributed by atoms with E-state index in [4.69, 9.17) is 4.11 Å². The van der Waals surface area contributed by atoms with Gasteiger partial charge in [0.15, 0.2) is 0 Å². The maximum Gasteiger partial charge on any atom is 0.337 e. The number of halogens is 1. The van der Waals surface area contributed by atoms with E-state index in [1.165, 1.54) is 7.11 Å². The van der Waals surface area contributed by atoms with Crippen molar-refractivity contribution in [3.05, 3.63) is 32.8 Å². The topological polar surface area (TPSA) is 26.3 Å². The van der Waals surface area contributed by atoms with Gasteiger partial charge in [-0.1, -0.05) is 6.04 Å². The average Bonchev–Trinajstić information content (AvgIpc) is 2.23. The van der Waals surface area contributed by atoms with Gasteiger partial charge in [-0.3, -0.25) is 0 Å². The summed E-state index contributed by atoms with van der Waals surface area (Å²) in [6, 6.07) is -0.318. The summed E-state index contributed by atoms with van der Waals surface area (Å²) >= 11 is 1.89. The molecule has 0 aliphatic heterocycles. The summed E-state index contributed by atoms with van der Waals surface area (Å²) in [5.74, 6) is -0.739. The largest absolute Gasteiger partial charge is 0.465 e. The lowest BCUT2D eigenvalue weighted by Crippen LogP contribution is -2.01. The third-order valence-corrected chi connectivity index (χ3v) is 2.41. The minimum absolute atomic E-state index is 0.0317. The number of benzene rings is 1. The highest BCUT2D eigenvalue weighted by Crippen LogP contribution is 2.13. The number of esters is 1. The zero-order valence-electron chi connectivity index (χ0n) is 9.69. The molecule has 0 aromatic heterocycles. The molecule has 0 aliphatic carbocycles. The van der Waals surface area contributed by atoms with Crippen LogP contribution >= 0.6 is 22.6 Å². The van der Waals surface area contributed by atoms with Gasteiger partial charge in [0.2, 0.25) is 0 Å². The average molecular weight is 279 g/mol. The van der Waals surface area contributed by atoms with Gasteiger partial charge >= 0.3 is 5.97 Å². The van der Waals surface area contributed by atoms with Gasteiger partial charge in [-0.2, -0.15) is 0 Å². The minimum Gasteiger partial charge on any atom is -0.465 e. The molecule has 0 fully saturated rings. The highest BCUT2D eigenvalue weighted by Gasteiger charge is 2.05. The first-order chi connectivity index (χ1) is 6.91. The first-order valence-corrected chi connectivity index (χ1v) is 4.33. The number of methoxy groups -OCH3 is 1. The second-order valence-electron chi connectivity index (χ2n) is 2.18. The van der Waals surface area contributed by atoms with Crippen molar-refractivity contribution in [2.24, 2.45) is 0 Å². The van der Waals surface area contributed by atoms with Crippen molar-refractivity contribution >= 4 is 28.6 Å². The molecule has 1 aromatic carbocycles. The zero-order valence-corrected chi connectivity index (χ0v) is 8.85. The van der Waals surface area contributed by atoms with E-state index in [0.29, 0.717) is 9.13 Å². The number of ether oxygens (including phenoxy) is 1. The molecular weight excluding hydrogens is 267 g/mol. The Balaban J connectivity index is 3.60. The van der Waals surface area contributed by atoms with Gasteiger partial charge in [-0.05, 0) is 47.2 Å². The Labute approximate surface area is 89.3 Å². The lowest BCUT2D eigenvalue weighted by molar-refractivity contribution is 0.0600. The van der Waals surface area contributed by atoms with Crippen LogP contribution in [0.3, 0.4) is 0 Å². The molecule has 0 saturated carbocycles. The minimum atomic E-state index is -0.739. The third kappa shape index (κ3) is 1.97. The maximum absolute atomic E-state index is 11.3. The zero-order chi connectivity index (χ0) is 11.7. The Kier molecular flexibility index (Phi) is 1.93. The van der Waals surface area contributed by atoms with E-state index in [2.05, 4.69) is 4.74 Å². The van der Waals surface area contributed by atoms with Gasteiger partial charge < -0.3 is 4.74 Å². The standard InChI is InChI=1S/C9H9IO2/c1-6-3-4-7(5-8(6)10)9(11)12-2/h3-5H,1-2H3/i3D,4D,5D. The van der Waals surface area contributed by atoms with Crippen molar-refractivity contribution in [1.29, 1.82) is 0 Å². The van der Waals surface area contributed by atoms with Crippen LogP contribution in [0.4, 0.5) is 0 Å². The van der Waals surface area contributed by atoms with Crippen molar-refractivity contribution in [2.75, 3.05) is 7.11 Å². The van der Waals surface area contributed by atoms with Gasteiger partial charge in [0.25, 0.3) is 0 Å². The van der Waals surface area contributed by atoms with Crippen molar-refractivity contribution < 1.29 is 13.6 Å². The first-order valence-electron chi connectivity index (χ1n) is 4.76. The summed E-state index contributed by atoms with van der Waals surface area (Å²) in [5, 5.41) is 0. The number of hydrogen-bond acceptors (Lipinski definition) is 2. The van der Waals surface area contributed by atoms with Crippen molar-refractivity contribution in [3.63, 3.8) is 0 Å². The summed E-state index contributed by atoms with van der Waals surface area (Å²) in [7, 11) is 1.19. The quantitative estimate of drug-likeness (QED) is 0.583. The molecule has 0 unspecified atom stereocenters. The third-order valence-electron chi connectivity index (χ3n) is 1.33. The SMILES string of the molecule is [2H]c1c([2H])c(C(=O)OC)c([2H])c(I)c1C. The highest BCUT2D eigenvalue weighted by atomic mass is 127. The van der Waals surface area contributed by atoms with E-state index < -0.39 is 5.97 Å². The molecule has 0 atom stereocenters.